The molecule has 0 unspecified atom stereocenters. The summed E-state index contributed by atoms with van der Waals surface area (Å²) in [5.74, 6) is 0.522. The number of hydrogen-bond acceptors (Lipinski definition) is 4. The number of fused-ring (bicyclic) bond motifs is 3. The number of aromatic amines is 1. The summed E-state index contributed by atoms with van der Waals surface area (Å²) in [6, 6.07) is 7.72. The number of halogens is 1. The van der Waals surface area contributed by atoms with E-state index in [1.807, 2.05) is 25.3 Å². The van der Waals surface area contributed by atoms with Gasteiger partial charge < -0.3 is 16.0 Å². The fraction of sp³-hybridized carbons (Fsp3) is 0.318. The summed E-state index contributed by atoms with van der Waals surface area (Å²) in [5.41, 5.74) is 9.16. The lowest BCUT2D eigenvalue weighted by Crippen LogP contribution is -2.35. The van der Waals surface area contributed by atoms with Crippen molar-refractivity contribution in [2.24, 2.45) is 11.1 Å². The van der Waals surface area contributed by atoms with Crippen LogP contribution in [-0.4, -0.2) is 22.4 Å². The molecule has 0 saturated heterocycles. The number of anilines is 1. The van der Waals surface area contributed by atoms with Crippen molar-refractivity contribution >= 4 is 34.2 Å². The molecule has 1 aliphatic heterocycles. The number of carbonyl (C=O) groups excluding carboxylic acids is 1. The number of primary amides is 1. The molecule has 5 rings (SSSR count). The molecule has 2 aromatic heterocycles. The van der Waals surface area contributed by atoms with E-state index in [-0.39, 0.29) is 11.3 Å². The van der Waals surface area contributed by atoms with Crippen molar-refractivity contribution < 1.29 is 4.79 Å². The minimum absolute atomic E-state index is 0.247. The lowest BCUT2D eigenvalue weighted by Gasteiger charge is -2.27. The zero-order valence-electron chi connectivity index (χ0n) is 16.0. The van der Waals surface area contributed by atoms with Gasteiger partial charge in [0.15, 0.2) is 0 Å². The predicted molar refractivity (Wildman–Crippen MR) is 113 cm³/mol. The van der Waals surface area contributed by atoms with Crippen LogP contribution in [0.5, 0.6) is 0 Å². The summed E-state index contributed by atoms with van der Waals surface area (Å²) in [5, 5.41) is 14.2. The number of nitriles is 1. The Morgan fingerprint density at radius 2 is 2.17 bits per heavy atom. The second kappa shape index (κ2) is 5.98. The molecule has 0 bridgehead atoms. The van der Waals surface area contributed by atoms with Crippen molar-refractivity contribution in [3.8, 4) is 17.2 Å². The Kier molecular flexibility index (Phi) is 3.71. The minimum atomic E-state index is -0.537. The first-order valence-electron chi connectivity index (χ1n) is 9.61. The third-order valence-electron chi connectivity index (χ3n) is 6.72. The van der Waals surface area contributed by atoms with Gasteiger partial charge in [0.1, 0.15) is 5.82 Å². The minimum Gasteiger partial charge on any atom is -0.369 e. The molecule has 146 valence electrons. The zero-order valence-corrected chi connectivity index (χ0v) is 16.7. The van der Waals surface area contributed by atoms with Crippen molar-refractivity contribution in [1.82, 2.24) is 9.97 Å². The lowest BCUT2D eigenvalue weighted by molar-refractivity contribution is -0.126. The smallest absolute Gasteiger partial charge is 0.223 e. The Bertz CT molecular complexity index is 1230. The van der Waals surface area contributed by atoms with Gasteiger partial charge in [0.25, 0.3) is 0 Å². The first-order valence-corrected chi connectivity index (χ1v) is 9.99. The van der Waals surface area contributed by atoms with Crippen LogP contribution in [0.3, 0.4) is 0 Å². The maximum Gasteiger partial charge on any atom is 0.223 e. The molecule has 1 aliphatic carbocycles. The van der Waals surface area contributed by atoms with Gasteiger partial charge >= 0.3 is 0 Å². The molecule has 2 atom stereocenters. The van der Waals surface area contributed by atoms with Gasteiger partial charge in [-0.15, -0.1) is 0 Å². The van der Waals surface area contributed by atoms with Gasteiger partial charge in [-0.05, 0) is 37.5 Å². The summed E-state index contributed by atoms with van der Waals surface area (Å²) in [6.45, 7) is 2.64. The number of nitrogens with zero attached hydrogens (tertiary/aromatic N) is 2. The Hall–Kier alpha value is -3.04. The number of pyridine rings is 1. The highest BCUT2D eigenvalue weighted by molar-refractivity contribution is 6.35. The molecule has 2 aliphatic rings. The largest absolute Gasteiger partial charge is 0.369 e. The highest BCUT2D eigenvalue weighted by atomic mass is 35.5. The first-order chi connectivity index (χ1) is 13.9. The van der Waals surface area contributed by atoms with Crippen LogP contribution in [0.4, 0.5) is 5.82 Å². The third kappa shape index (κ3) is 2.47. The summed E-state index contributed by atoms with van der Waals surface area (Å²) >= 11 is 6.99. The highest BCUT2D eigenvalue weighted by Gasteiger charge is 2.53. The van der Waals surface area contributed by atoms with Crippen LogP contribution in [0, 0.1) is 16.7 Å². The number of nitrogens with one attached hydrogen (secondary N) is 2. The standard InChI is InChI=1S/C22H20ClN5O/c1-21(20(25)29)4-5-22(10-21)11-28-19-17(22)18(23)15(9-27-19)14-8-26-16-3-2-12(7-24)6-13(14)16/h2-3,6,8-9,26H,4-5,10-11H2,1H3,(H2,25,29)(H,27,28)/t21-,22+/m1/s1. The van der Waals surface area contributed by atoms with Crippen LogP contribution in [0.1, 0.15) is 37.3 Å². The molecule has 1 aromatic carbocycles. The molecule has 1 saturated carbocycles. The van der Waals surface area contributed by atoms with E-state index in [1.165, 1.54) is 0 Å². The first kappa shape index (κ1) is 18.0. The Morgan fingerprint density at radius 3 is 2.90 bits per heavy atom. The normalized spacial score (nSPS) is 25.1. The number of rotatable bonds is 2. The maximum atomic E-state index is 12.0. The molecule has 0 radical (unpaired) electrons. The van der Waals surface area contributed by atoms with Crippen LogP contribution in [0.2, 0.25) is 5.02 Å². The van der Waals surface area contributed by atoms with Gasteiger partial charge in [0.2, 0.25) is 5.91 Å². The molecule has 4 N–H and O–H groups in total. The average Bonchev–Trinajstić information content (AvgIpc) is 3.39. The van der Waals surface area contributed by atoms with E-state index in [4.69, 9.17) is 17.3 Å². The van der Waals surface area contributed by atoms with Crippen molar-refractivity contribution in [1.29, 1.82) is 5.26 Å². The number of aromatic nitrogens is 2. The van der Waals surface area contributed by atoms with Gasteiger partial charge in [-0.2, -0.15) is 5.26 Å². The molecule has 1 fully saturated rings. The van der Waals surface area contributed by atoms with E-state index in [0.717, 1.165) is 46.3 Å². The van der Waals surface area contributed by atoms with Gasteiger partial charge in [0, 0.05) is 57.4 Å². The van der Waals surface area contributed by atoms with E-state index in [2.05, 4.69) is 21.4 Å². The van der Waals surface area contributed by atoms with Gasteiger partial charge in [-0.25, -0.2) is 4.98 Å². The summed E-state index contributed by atoms with van der Waals surface area (Å²) in [4.78, 5) is 19.9. The van der Waals surface area contributed by atoms with Gasteiger partial charge in [-0.3, -0.25) is 4.79 Å². The third-order valence-corrected chi connectivity index (χ3v) is 7.11. The number of amides is 1. The van der Waals surface area contributed by atoms with Gasteiger partial charge in [-0.1, -0.05) is 18.5 Å². The second-order valence-corrected chi connectivity index (χ2v) is 8.90. The molecule has 1 amide bonds. The maximum absolute atomic E-state index is 12.0. The molecule has 29 heavy (non-hydrogen) atoms. The Morgan fingerprint density at radius 1 is 1.34 bits per heavy atom. The van der Waals surface area contributed by atoms with E-state index in [9.17, 15) is 10.1 Å². The van der Waals surface area contributed by atoms with Crippen LogP contribution in [0.15, 0.2) is 30.6 Å². The van der Waals surface area contributed by atoms with Gasteiger partial charge in [0.05, 0.1) is 16.7 Å². The summed E-state index contributed by atoms with van der Waals surface area (Å²) in [6.07, 6.45) is 5.91. The zero-order chi connectivity index (χ0) is 20.4. The molecule has 3 aromatic rings. The van der Waals surface area contributed by atoms with E-state index < -0.39 is 5.41 Å². The Balaban J connectivity index is 1.67. The Labute approximate surface area is 173 Å². The number of H-pyrrole nitrogens is 1. The fourth-order valence-electron chi connectivity index (χ4n) is 5.06. The SMILES string of the molecule is C[C@@]1(C(N)=O)CC[C@@]2(CNc3ncc(-c4c[nH]c5ccc(C#N)cc45)c(Cl)c32)C1. The molecule has 7 heteroatoms. The van der Waals surface area contributed by atoms with E-state index >= 15 is 0 Å². The van der Waals surface area contributed by atoms with Crippen molar-refractivity contribution in [2.75, 3.05) is 11.9 Å². The highest BCUT2D eigenvalue weighted by Crippen LogP contribution is 2.57. The summed E-state index contributed by atoms with van der Waals surface area (Å²) < 4.78 is 0. The number of hydrogen-bond donors (Lipinski definition) is 3. The van der Waals surface area contributed by atoms with Crippen LogP contribution in [-0.2, 0) is 10.2 Å². The average molecular weight is 406 g/mol. The number of carbonyl (C=O) groups is 1. The fourth-order valence-corrected chi connectivity index (χ4v) is 5.50. The second-order valence-electron chi connectivity index (χ2n) is 8.52. The molecule has 6 nitrogen and oxygen atoms in total. The van der Waals surface area contributed by atoms with Crippen LogP contribution in [0.25, 0.3) is 22.0 Å². The number of nitrogens with two attached hydrogens (primary N) is 1. The van der Waals surface area contributed by atoms with Crippen LogP contribution >= 0.6 is 11.6 Å². The van der Waals surface area contributed by atoms with Crippen molar-refractivity contribution in [3.63, 3.8) is 0 Å². The topological polar surface area (TPSA) is 108 Å². The number of benzene rings is 1. The molecule has 1 spiro atoms. The molecular formula is C22H20ClN5O. The lowest BCUT2D eigenvalue weighted by atomic mass is 9.76. The van der Waals surface area contributed by atoms with E-state index in [1.54, 1.807) is 12.3 Å². The quantitative estimate of drug-likeness (QED) is 0.596. The summed E-state index contributed by atoms with van der Waals surface area (Å²) in [7, 11) is 0. The van der Waals surface area contributed by atoms with E-state index in [0.29, 0.717) is 23.6 Å². The monoisotopic (exact) mass is 405 g/mol. The molecular weight excluding hydrogens is 386 g/mol. The molecule has 3 heterocycles. The van der Waals surface area contributed by atoms with Crippen molar-refractivity contribution in [3.05, 3.63) is 46.7 Å². The predicted octanol–water partition coefficient (Wildman–Crippen LogP) is 4.09. The van der Waals surface area contributed by atoms with Crippen LogP contribution < -0.4 is 11.1 Å². The van der Waals surface area contributed by atoms with Crippen molar-refractivity contribution in [2.45, 2.75) is 31.6 Å².